The number of amides is 5. The molecule has 0 radical (unpaired) electrons. The molecule has 1 aliphatic rings. The summed E-state index contributed by atoms with van der Waals surface area (Å²) in [5.74, 6) is -4.21. The number of likely N-dealkylation sites (tertiary alicyclic amines) is 1. The average Bonchev–Trinajstić information content (AvgIpc) is 3.47. The maximum atomic E-state index is 13.3. The molecular formula is C29H38N5O12P. The van der Waals surface area contributed by atoms with Crippen LogP contribution in [0.5, 0.6) is 0 Å². The number of carboxylic acid groups (broad SMARTS) is 1. The van der Waals surface area contributed by atoms with Crippen molar-refractivity contribution < 1.29 is 52.6 Å². The number of carbonyl (C=O) groups excluding carboxylic acids is 5. The lowest BCUT2D eigenvalue weighted by atomic mass is 10.1. The fourth-order valence-corrected chi connectivity index (χ4v) is 5.77. The molecule has 4 atom stereocenters. The first kappa shape index (κ1) is 36.9. The second kappa shape index (κ2) is 15.8. The molecule has 2 heterocycles. The third-order valence-electron chi connectivity index (χ3n) is 7.42. The van der Waals surface area contributed by atoms with Crippen LogP contribution in [0.2, 0.25) is 0 Å². The van der Waals surface area contributed by atoms with Gasteiger partial charge < -0.3 is 45.5 Å². The maximum absolute atomic E-state index is 13.3. The first-order valence-electron chi connectivity index (χ1n) is 14.8. The van der Waals surface area contributed by atoms with Crippen LogP contribution in [0.25, 0.3) is 11.0 Å². The minimum absolute atomic E-state index is 0.00730. The van der Waals surface area contributed by atoms with E-state index in [4.69, 9.17) is 9.52 Å². The molecule has 47 heavy (non-hydrogen) atoms. The van der Waals surface area contributed by atoms with Crippen LogP contribution in [-0.2, 0) is 39.5 Å². The van der Waals surface area contributed by atoms with Gasteiger partial charge in [-0.15, -0.1) is 0 Å². The number of fused-ring (bicyclic) bond motifs is 1. The van der Waals surface area contributed by atoms with Crippen molar-refractivity contribution in [1.29, 1.82) is 0 Å². The number of nitrogens with one attached hydrogen (secondary N) is 4. The van der Waals surface area contributed by atoms with Gasteiger partial charge in [-0.25, -0.2) is 4.79 Å². The highest BCUT2D eigenvalue weighted by Gasteiger charge is 2.38. The van der Waals surface area contributed by atoms with Crippen molar-refractivity contribution >= 4 is 59.8 Å². The van der Waals surface area contributed by atoms with Crippen molar-refractivity contribution in [2.75, 3.05) is 11.9 Å². The summed E-state index contributed by atoms with van der Waals surface area (Å²) in [7, 11) is -4.49. The summed E-state index contributed by atoms with van der Waals surface area (Å²) < 4.78 is 16.6. The second-order valence-corrected chi connectivity index (χ2v) is 12.8. The molecule has 1 fully saturated rings. The zero-order valence-electron chi connectivity index (χ0n) is 26.0. The summed E-state index contributed by atoms with van der Waals surface area (Å²) in [6, 6.07) is 1.15. The van der Waals surface area contributed by atoms with Gasteiger partial charge in [0.1, 0.15) is 29.8 Å². The van der Waals surface area contributed by atoms with E-state index in [0.29, 0.717) is 12.8 Å². The molecule has 2 aromatic rings. The van der Waals surface area contributed by atoms with Gasteiger partial charge in [-0.2, -0.15) is 0 Å². The molecule has 0 aliphatic carbocycles. The van der Waals surface area contributed by atoms with E-state index in [-0.39, 0.29) is 41.6 Å². The first-order chi connectivity index (χ1) is 22.0. The van der Waals surface area contributed by atoms with Crippen LogP contribution in [0.4, 0.5) is 5.69 Å². The molecule has 1 aromatic heterocycles. The number of carbonyl (C=O) groups is 6. The van der Waals surface area contributed by atoms with Gasteiger partial charge in [0.05, 0.1) is 12.6 Å². The minimum Gasteiger partial charge on any atom is -0.481 e. The number of nitrogens with zero attached hydrogens (tertiary/aromatic N) is 1. The maximum Gasteiger partial charge on any atom is 0.336 e. The SMILES string of the molecule is CC[C@H](NC(=O)[C@H]1CCCN1C(=O)[C@H](C)NC(=O)[C@H](C)NC(=O)CCC(=O)O)C(=O)Nc1ccc2c(CP(=O)(O)O)cc(=O)oc2c1. The predicted molar refractivity (Wildman–Crippen MR) is 166 cm³/mol. The Kier molecular flexibility index (Phi) is 12.4. The summed E-state index contributed by atoms with van der Waals surface area (Å²) >= 11 is 0. The van der Waals surface area contributed by atoms with E-state index in [1.807, 2.05) is 0 Å². The Morgan fingerprint density at radius 2 is 1.70 bits per heavy atom. The third kappa shape index (κ3) is 10.5. The molecule has 3 rings (SSSR count). The molecule has 7 N–H and O–H groups in total. The third-order valence-corrected chi connectivity index (χ3v) is 8.17. The lowest BCUT2D eigenvalue weighted by Crippen LogP contribution is -2.56. The van der Waals surface area contributed by atoms with Crippen LogP contribution in [0, 0.1) is 0 Å². The fraction of sp³-hybridized carbons (Fsp3) is 0.483. The highest BCUT2D eigenvalue weighted by molar-refractivity contribution is 7.50. The minimum atomic E-state index is -4.49. The zero-order chi connectivity index (χ0) is 35.1. The van der Waals surface area contributed by atoms with E-state index in [2.05, 4.69) is 21.3 Å². The van der Waals surface area contributed by atoms with Crippen molar-refractivity contribution in [3.05, 3.63) is 40.2 Å². The molecule has 5 amide bonds. The number of hydrogen-bond donors (Lipinski definition) is 7. The van der Waals surface area contributed by atoms with Gasteiger partial charge in [-0.05, 0) is 50.8 Å². The van der Waals surface area contributed by atoms with Crippen molar-refractivity contribution in [3.63, 3.8) is 0 Å². The lowest BCUT2D eigenvalue weighted by Gasteiger charge is -2.29. The molecular weight excluding hydrogens is 641 g/mol. The normalized spacial score (nSPS) is 16.5. The largest absolute Gasteiger partial charge is 0.481 e. The quantitative estimate of drug-likeness (QED) is 0.104. The van der Waals surface area contributed by atoms with Crippen LogP contribution < -0.4 is 26.9 Å². The Bertz CT molecular complexity index is 1650. The van der Waals surface area contributed by atoms with E-state index in [0.717, 1.165) is 6.07 Å². The Balaban J connectivity index is 1.62. The van der Waals surface area contributed by atoms with Crippen LogP contribution in [0.15, 0.2) is 33.5 Å². The van der Waals surface area contributed by atoms with Crippen molar-refractivity contribution in [1.82, 2.24) is 20.9 Å². The standard InChI is InChI=1S/C29H38N5O12P/c1-4-20(27(40)32-18-7-8-19-17(14-47(43,44)45)12-25(38)46-22(19)13-18)33-28(41)21-6-5-11-34(21)29(42)16(3)31-26(39)15(2)30-23(35)9-10-24(36)37/h7-8,12-13,15-16,20-21H,4-6,9-11,14H2,1-3H3,(H,30,35)(H,31,39)(H,32,40)(H,33,41)(H,36,37)(H2,43,44,45)/t15-,16-,20-,21+/m0/s1. The topological polar surface area (TPSA) is 262 Å². The summed E-state index contributed by atoms with van der Waals surface area (Å²) in [6.45, 7) is 4.70. The number of rotatable bonds is 14. The molecule has 0 saturated carbocycles. The van der Waals surface area contributed by atoms with E-state index < -0.39 is 85.5 Å². The predicted octanol–water partition coefficient (Wildman–Crippen LogP) is 0.169. The van der Waals surface area contributed by atoms with E-state index >= 15 is 0 Å². The molecule has 17 nitrogen and oxygen atoms in total. The molecule has 1 saturated heterocycles. The van der Waals surface area contributed by atoms with Gasteiger partial charge in [0.2, 0.25) is 29.5 Å². The average molecular weight is 680 g/mol. The van der Waals surface area contributed by atoms with Crippen LogP contribution in [0.1, 0.15) is 58.4 Å². The van der Waals surface area contributed by atoms with Crippen molar-refractivity contribution in [2.45, 2.75) is 83.2 Å². The van der Waals surface area contributed by atoms with E-state index in [1.54, 1.807) is 6.92 Å². The highest BCUT2D eigenvalue weighted by atomic mass is 31.2. The van der Waals surface area contributed by atoms with E-state index in [9.17, 15) is 47.9 Å². The first-order valence-corrected chi connectivity index (χ1v) is 16.6. The van der Waals surface area contributed by atoms with Gasteiger partial charge in [0, 0.05) is 36.2 Å². The summed E-state index contributed by atoms with van der Waals surface area (Å²) in [6.07, 6.45) is -0.406. The molecule has 1 aromatic carbocycles. The second-order valence-electron chi connectivity index (χ2n) is 11.2. The van der Waals surface area contributed by atoms with Crippen molar-refractivity contribution in [3.8, 4) is 0 Å². The van der Waals surface area contributed by atoms with Gasteiger partial charge in [0.15, 0.2) is 0 Å². The monoisotopic (exact) mass is 679 g/mol. The Hall–Kier alpha value is -4.60. The number of benzene rings is 1. The number of aliphatic carboxylic acids is 1. The summed E-state index contributed by atoms with van der Waals surface area (Å²) in [5.41, 5.74) is -0.560. The molecule has 0 unspecified atom stereocenters. The van der Waals surface area contributed by atoms with Gasteiger partial charge in [-0.1, -0.05) is 6.92 Å². The van der Waals surface area contributed by atoms with Gasteiger partial charge in [-0.3, -0.25) is 33.3 Å². The lowest BCUT2D eigenvalue weighted by molar-refractivity contribution is -0.142. The van der Waals surface area contributed by atoms with E-state index in [1.165, 1.54) is 36.9 Å². The van der Waals surface area contributed by atoms with Gasteiger partial charge in [0.25, 0.3) is 0 Å². The molecule has 0 spiro atoms. The number of hydrogen-bond acceptors (Lipinski definition) is 9. The molecule has 0 bridgehead atoms. The summed E-state index contributed by atoms with van der Waals surface area (Å²) in [5, 5.41) is 19.1. The molecule has 256 valence electrons. The Labute approximate surface area is 268 Å². The fourth-order valence-electron chi connectivity index (χ4n) is 5.06. The summed E-state index contributed by atoms with van der Waals surface area (Å²) in [4.78, 5) is 107. The van der Waals surface area contributed by atoms with Gasteiger partial charge >= 0.3 is 19.2 Å². The number of carboxylic acids is 1. The highest BCUT2D eigenvalue weighted by Crippen LogP contribution is 2.40. The van der Waals surface area contributed by atoms with Crippen LogP contribution >= 0.6 is 7.60 Å². The van der Waals surface area contributed by atoms with Crippen LogP contribution in [-0.4, -0.2) is 86.0 Å². The molecule has 18 heteroatoms. The zero-order valence-corrected chi connectivity index (χ0v) is 26.9. The smallest absolute Gasteiger partial charge is 0.336 e. The molecule has 1 aliphatic heterocycles. The number of anilines is 1. The Morgan fingerprint density at radius 1 is 1.00 bits per heavy atom. The van der Waals surface area contributed by atoms with Crippen molar-refractivity contribution in [2.24, 2.45) is 0 Å². The Morgan fingerprint density at radius 3 is 2.34 bits per heavy atom. The van der Waals surface area contributed by atoms with Crippen LogP contribution in [0.3, 0.4) is 0 Å².